The summed E-state index contributed by atoms with van der Waals surface area (Å²) in [6, 6.07) is 1.87. The van der Waals surface area contributed by atoms with E-state index in [1.807, 2.05) is 6.07 Å². The van der Waals surface area contributed by atoms with Gasteiger partial charge in [0, 0.05) is 0 Å². The van der Waals surface area contributed by atoms with Crippen LogP contribution in [0, 0.1) is 5.41 Å². The van der Waals surface area contributed by atoms with Crippen molar-refractivity contribution in [2.45, 2.75) is 27.2 Å². The maximum atomic E-state index is 5.71. The zero-order chi connectivity index (χ0) is 11.1. The molecule has 0 bridgehead atoms. The average molecular weight is 205 g/mol. The molecular formula is C10H15N5. The summed E-state index contributed by atoms with van der Waals surface area (Å²) in [5.41, 5.74) is 8.41. The maximum absolute atomic E-state index is 5.71. The molecule has 0 amide bonds. The molecule has 0 saturated carbocycles. The number of anilines is 1. The summed E-state index contributed by atoms with van der Waals surface area (Å²) in [6.45, 7) is 6.53. The molecule has 5 heteroatoms. The van der Waals surface area contributed by atoms with E-state index in [4.69, 9.17) is 5.73 Å². The minimum Gasteiger partial charge on any atom is -0.384 e. The molecule has 0 aliphatic heterocycles. The lowest BCUT2D eigenvalue weighted by molar-refractivity contribution is 0.412. The molecule has 0 unspecified atom stereocenters. The summed E-state index contributed by atoms with van der Waals surface area (Å²) in [6.07, 6.45) is 0.906. The van der Waals surface area contributed by atoms with Crippen molar-refractivity contribution in [2.24, 2.45) is 5.41 Å². The van der Waals surface area contributed by atoms with Crippen molar-refractivity contribution in [3.63, 3.8) is 0 Å². The summed E-state index contributed by atoms with van der Waals surface area (Å²) in [5, 5.41) is 10.6. The molecule has 0 fully saturated rings. The van der Waals surface area contributed by atoms with Crippen LogP contribution in [0.1, 0.15) is 26.3 Å². The molecule has 2 heterocycles. The van der Waals surface area contributed by atoms with Crippen molar-refractivity contribution in [2.75, 3.05) is 5.73 Å². The number of nitrogen functional groups attached to an aromatic ring is 1. The van der Waals surface area contributed by atoms with E-state index >= 15 is 0 Å². The first kappa shape index (κ1) is 9.89. The first-order chi connectivity index (χ1) is 6.96. The quantitative estimate of drug-likeness (QED) is 0.739. The Morgan fingerprint density at radius 3 is 2.73 bits per heavy atom. The van der Waals surface area contributed by atoms with Crippen LogP contribution < -0.4 is 5.73 Å². The van der Waals surface area contributed by atoms with Crippen LogP contribution in [0.3, 0.4) is 0 Å². The van der Waals surface area contributed by atoms with Gasteiger partial charge in [0.05, 0.1) is 0 Å². The fraction of sp³-hybridized carbons (Fsp3) is 0.500. The first-order valence-corrected chi connectivity index (χ1v) is 4.91. The van der Waals surface area contributed by atoms with Crippen molar-refractivity contribution in [1.29, 1.82) is 0 Å². The second-order valence-electron chi connectivity index (χ2n) is 4.94. The van der Waals surface area contributed by atoms with Crippen molar-refractivity contribution in [3.8, 4) is 0 Å². The molecule has 0 saturated heterocycles. The number of nitrogens with two attached hydrogens (primary N) is 1. The largest absolute Gasteiger partial charge is 0.384 e. The van der Waals surface area contributed by atoms with E-state index in [1.165, 1.54) is 0 Å². The van der Waals surface area contributed by atoms with Crippen molar-refractivity contribution < 1.29 is 0 Å². The van der Waals surface area contributed by atoms with Gasteiger partial charge in [-0.15, -0.1) is 5.10 Å². The molecule has 0 radical (unpaired) electrons. The number of aromatic amines is 1. The molecular weight excluding hydrogens is 190 g/mol. The number of fused-ring (bicyclic) bond motifs is 1. The van der Waals surface area contributed by atoms with Gasteiger partial charge in [-0.1, -0.05) is 20.8 Å². The Hall–Kier alpha value is -1.65. The van der Waals surface area contributed by atoms with Crippen LogP contribution in [0.5, 0.6) is 0 Å². The number of hydrogen-bond donors (Lipinski definition) is 2. The van der Waals surface area contributed by atoms with Crippen molar-refractivity contribution in [3.05, 3.63) is 11.6 Å². The van der Waals surface area contributed by atoms with Gasteiger partial charge in [-0.05, 0) is 23.5 Å². The van der Waals surface area contributed by atoms with Gasteiger partial charge in [-0.25, -0.2) is 4.98 Å². The number of H-pyrrole nitrogens is 1. The van der Waals surface area contributed by atoms with Gasteiger partial charge in [0.1, 0.15) is 11.3 Å². The van der Waals surface area contributed by atoms with E-state index in [0.29, 0.717) is 11.5 Å². The molecule has 2 aromatic rings. The zero-order valence-electron chi connectivity index (χ0n) is 9.20. The Labute approximate surface area is 88.1 Å². The summed E-state index contributed by atoms with van der Waals surface area (Å²) < 4.78 is 0. The third-order valence-electron chi connectivity index (χ3n) is 2.11. The van der Waals surface area contributed by atoms with Gasteiger partial charge in [-0.3, -0.25) is 0 Å². The summed E-state index contributed by atoms with van der Waals surface area (Å²) in [5.74, 6) is 0.496. The normalized spacial score (nSPS) is 12.2. The number of nitrogens with zero attached hydrogens (tertiary/aromatic N) is 3. The highest BCUT2D eigenvalue weighted by Gasteiger charge is 2.16. The zero-order valence-corrected chi connectivity index (χ0v) is 9.20. The predicted octanol–water partition coefficient (Wildman–Crippen LogP) is 1.52. The van der Waals surface area contributed by atoms with E-state index in [2.05, 4.69) is 41.2 Å². The molecule has 0 aliphatic rings. The first-order valence-electron chi connectivity index (χ1n) is 4.91. The highest BCUT2D eigenvalue weighted by atomic mass is 15.3. The summed E-state index contributed by atoms with van der Waals surface area (Å²) >= 11 is 0. The monoisotopic (exact) mass is 205 g/mol. The van der Waals surface area contributed by atoms with Crippen LogP contribution in [0.25, 0.3) is 11.2 Å². The summed E-state index contributed by atoms with van der Waals surface area (Å²) in [4.78, 5) is 4.10. The van der Waals surface area contributed by atoms with Crippen LogP contribution in [0.15, 0.2) is 6.07 Å². The lowest BCUT2D eigenvalue weighted by Crippen LogP contribution is -2.10. The van der Waals surface area contributed by atoms with Crippen molar-refractivity contribution in [1.82, 2.24) is 20.4 Å². The second-order valence-corrected chi connectivity index (χ2v) is 4.94. The topological polar surface area (TPSA) is 80.5 Å². The third-order valence-corrected chi connectivity index (χ3v) is 2.11. The minimum absolute atomic E-state index is 0.194. The van der Waals surface area contributed by atoms with Gasteiger partial charge in [0.15, 0.2) is 0 Å². The Morgan fingerprint density at radius 1 is 1.33 bits per heavy atom. The molecule has 2 aromatic heterocycles. The fourth-order valence-electron chi connectivity index (χ4n) is 1.63. The van der Waals surface area contributed by atoms with Crippen LogP contribution >= 0.6 is 0 Å². The minimum atomic E-state index is 0.194. The highest BCUT2D eigenvalue weighted by Crippen LogP contribution is 2.25. The lowest BCUT2D eigenvalue weighted by Gasteiger charge is -2.18. The Bertz CT molecular complexity index is 480. The van der Waals surface area contributed by atoms with Gasteiger partial charge < -0.3 is 5.73 Å². The number of pyridine rings is 1. The molecule has 0 spiro atoms. The standard InChI is InChI=1S/C10H15N5/c1-10(2,3)5-6-4-7(11)12-9-8(6)13-15-14-9/h4H,5H2,1-3H3,(H3,11,12,13,14,15). The highest BCUT2D eigenvalue weighted by molar-refractivity contribution is 5.75. The molecule has 2 rings (SSSR count). The van der Waals surface area contributed by atoms with E-state index in [1.54, 1.807) is 0 Å². The fourth-order valence-corrected chi connectivity index (χ4v) is 1.63. The molecule has 5 nitrogen and oxygen atoms in total. The maximum Gasteiger partial charge on any atom is 0.203 e. The smallest absolute Gasteiger partial charge is 0.203 e. The summed E-state index contributed by atoms with van der Waals surface area (Å²) in [7, 11) is 0. The van der Waals surface area contributed by atoms with Gasteiger partial charge in [-0.2, -0.15) is 10.3 Å². The molecule has 15 heavy (non-hydrogen) atoms. The van der Waals surface area contributed by atoms with Crippen LogP contribution in [0.2, 0.25) is 0 Å². The van der Waals surface area contributed by atoms with Crippen LogP contribution in [-0.4, -0.2) is 20.4 Å². The third kappa shape index (κ3) is 2.06. The van der Waals surface area contributed by atoms with Crippen LogP contribution in [0.4, 0.5) is 5.82 Å². The lowest BCUT2D eigenvalue weighted by atomic mass is 9.88. The predicted molar refractivity (Wildman–Crippen MR) is 59.3 cm³/mol. The number of aromatic nitrogens is 4. The molecule has 0 atom stereocenters. The Balaban J connectivity index is 2.53. The second kappa shape index (κ2) is 3.18. The van der Waals surface area contributed by atoms with Gasteiger partial charge in [0.25, 0.3) is 0 Å². The molecule has 0 aliphatic carbocycles. The van der Waals surface area contributed by atoms with Crippen LogP contribution in [-0.2, 0) is 6.42 Å². The number of nitrogens with one attached hydrogen (secondary N) is 1. The van der Waals surface area contributed by atoms with E-state index < -0.39 is 0 Å². The molecule has 3 N–H and O–H groups in total. The molecule has 0 aromatic carbocycles. The number of hydrogen-bond acceptors (Lipinski definition) is 4. The SMILES string of the molecule is CC(C)(C)Cc1cc(N)nc2n[nH]nc12. The van der Waals surface area contributed by atoms with Gasteiger partial charge >= 0.3 is 0 Å². The average Bonchev–Trinajstić information content (AvgIpc) is 2.48. The Morgan fingerprint density at radius 2 is 2.07 bits per heavy atom. The van der Waals surface area contributed by atoms with Crippen molar-refractivity contribution >= 4 is 17.0 Å². The van der Waals surface area contributed by atoms with E-state index in [0.717, 1.165) is 17.5 Å². The van der Waals surface area contributed by atoms with E-state index in [-0.39, 0.29) is 5.41 Å². The molecule has 80 valence electrons. The number of rotatable bonds is 1. The van der Waals surface area contributed by atoms with E-state index in [9.17, 15) is 0 Å². The Kier molecular flexibility index (Phi) is 2.10. The van der Waals surface area contributed by atoms with Gasteiger partial charge in [0.2, 0.25) is 5.65 Å².